The third-order valence-electron chi connectivity index (χ3n) is 4.47. The second-order valence-electron chi connectivity index (χ2n) is 6.72. The lowest BCUT2D eigenvalue weighted by atomic mass is 10.0. The standard InChI is InChI=1S/C21H16F6N2S/c1-12(14-7-6-13-4-2-3-5-15(13)8-14)28-19(30)29-18-10-16(20(22,23)24)9-17(11-18)21(25,26)27/h2-12H,1H3,(H2,28,29,30)/t12-/m1/s1. The van der Waals surface area contributed by atoms with Crippen LogP contribution < -0.4 is 10.6 Å². The van der Waals surface area contributed by atoms with Crippen molar-refractivity contribution in [3.05, 3.63) is 77.4 Å². The van der Waals surface area contributed by atoms with Crippen LogP contribution in [0.3, 0.4) is 0 Å². The van der Waals surface area contributed by atoms with Gasteiger partial charge >= 0.3 is 12.4 Å². The first kappa shape index (κ1) is 21.9. The Morgan fingerprint density at radius 2 is 1.37 bits per heavy atom. The average molecular weight is 442 g/mol. The number of fused-ring (bicyclic) bond motifs is 1. The third-order valence-corrected chi connectivity index (χ3v) is 4.69. The number of hydrogen-bond donors (Lipinski definition) is 2. The van der Waals surface area contributed by atoms with Gasteiger partial charge in [0.2, 0.25) is 0 Å². The third kappa shape index (κ3) is 5.21. The van der Waals surface area contributed by atoms with E-state index in [2.05, 4.69) is 10.6 Å². The molecule has 2 nitrogen and oxygen atoms in total. The van der Waals surface area contributed by atoms with Crippen molar-refractivity contribution in [3.8, 4) is 0 Å². The molecule has 9 heteroatoms. The van der Waals surface area contributed by atoms with Crippen LogP contribution in [0.15, 0.2) is 60.7 Å². The molecule has 158 valence electrons. The first-order valence-corrected chi connectivity index (χ1v) is 9.20. The molecule has 2 N–H and O–H groups in total. The molecule has 0 aromatic heterocycles. The molecule has 30 heavy (non-hydrogen) atoms. The fraction of sp³-hybridized carbons (Fsp3) is 0.190. The summed E-state index contributed by atoms with van der Waals surface area (Å²) in [7, 11) is 0. The molecule has 3 rings (SSSR count). The largest absolute Gasteiger partial charge is 0.416 e. The zero-order valence-electron chi connectivity index (χ0n) is 15.5. The van der Waals surface area contributed by atoms with Crippen molar-refractivity contribution in [2.75, 3.05) is 5.32 Å². The van der Waals surface area contributed by atoms with Crippen LogP contribution in [-0.4, -0.2) is 5.11 Å². The predicted octanol–water partition coefficient (Wildman–Crippen LogP) is 6.93. The van der Waals surface area contributed by atoms with Gasteiger partial charge in [-0.2, -0.15) is 26.3 Å². The van der Waals surface area contributed by atoms with Crippen LogP contribution in [0.2, 0.25) is 0 Å². The molecule has 0 aliphatic carbocycles. The van der Waals surface area contributed by atoms with Crippen molar-refractivity contribution < 1.29 is 26.3 Å². The first-order chi connectivity index (χ1) is 13.9. The van der Waals surface area contributed by atoms with Crippen molar-refractivity contribution in [1.29, 1.82) is 0 Å². The smallest absolute Gasteiger partial charge is 0.356 e. The van der Waals surface area contributed by atoms with E-state index in [0.717, 1.165) is 16.3 Å². The highest BCUT2D eigenvalue weighted by atomic mass is 32.1. The van der Waals surface area contributed by atoms with Crippen LogP contribution in [0.1, 0.15) is 29.7 Å². The molecule has 0 unspecified atom stereocenters. The Morgan fingerprint density at radius 1 is 0.800 bits per heavy atom. The highest BCUT2D eigenvalue weighted by molar-refractivity contribution is 7.80. The highest BCUT2D eigenvalue weighted by Gasteiger charge is 2.37. The molecule has 0 heterocycles. The number of halogens is 6. The Kier molecular flexibility index (Phi) is 5.94. The number of hydrogen-bond acceptors (Lipinski definition) is 1. The molecule has 0 fully saturated rings. The Morgan fingerprint density at radius 3 is 1.93 bits per heavy atom. The molecule has 0 aliphatic heterocycles. The fourth-order valence-electron chi connectivity index (χ4n) is 2.95. The Bertz CT molecular complexity index is 1040. The van der Waals surface area contributed by atoms with Gasteiger partial charge in [0.25, 0.3) is 0 Å². The molecule has 1 atom stereocenters. The van der Waals surface area contributed by atoms with Gasteiger partial charge in [0.05, 0.1) is 17.2 Å². The summed E-state index contributed by atoms with van der Waals surface area (Å²) >= 11 is 5.10. The zero-order valence-corrected chi connectivity index (χ0v) is 16.3. The monoisotopic (exact) mass is 442 g/mol. The maximum Gasteiger partial charge on any atom is 0.416 e. The van der Waals surface area contributed by atoms with Crippen molar-refractivity contribution >= 4 is 33.8 Å². The summed E-state index contributed by atoms with van der Waals surface area (Å²) in [6, 6.07) is 14.3. The summed E-state index contributed by atoms with van der Waals surface area (Å²) in [5, 5.41) is 7.25. The molecule has 0 amide bonds. The van der Waals surface area contributed by atoms with E-state index >= 15 is 0 Å². The summed E-state index contributed by atoms with van der Waals surface area (Å²) in [6.07, 6.45) is -9.85. The number of benzene rings is 3. The molecule has 3 aromatic rings. The van der Waals surface area contributed by atoms with Crippen molar-refractivity contribution in [2.24, 2.45) is 0 Å². The van der Waals surface area contributed by atoms with Crippen LogP contribution in [0, 0.1) is 0 Å². The number of alkyl halides is 6. The Labute approximate surface area is 173 Å². The van der Waals surface area contributed by atoms with Gasteiger partial charge in [0, 0.05) is 5.69 Å². The van der Waals surface area contributed by atoms with E-state index in [-0.39, 0.29) is 17.2 Å². The second-order valence-corrected chi connectivity index (χ2v) is 7.13. The maximum atomic E-state index is 13.0. The van der Waals surface area contributed by atoms with E-state index in [4.69, 9.17) is 12.2 Å². The lowest BCUT2D eigenvalue weighted by molar-refractivity contribution is -0.143. The van der Waals surface area contributed by atoms with E-state index in [0.29, 0.717) is 12.1 Å². The van der Waals surface area contributed by atoms with E-state index in [1.165, 1.54) is 0 Å². The van der Waals surface area contributed by atoms with Gasteiger partial charge < -0.3 is 10.6 Å². The summed E-state index contributed by atoms with van der Waals surface area (Å²) in [6.45, 7) is 1.78. The van der Waals surface area contributed by atoms with Crippen molar-refractivity contribution in [2.45, 2.75) is 25.3 Å². The van der Waals surface area contributed by atoms with Crippen molar-refractivity contribution in [1.82, 2.24) is 5.32 Å². The summed E-state index contributed by atoms with van der Waals surface area (Å²) in [5.41, 5.74) is -2.37. The van der Waals surface area contributed by atoms with Gasteiger partial charge in [-0.05, 0) is 59.7 Å². The lowest BCUT2D eigenvalue weighted by Gasteiger charge is -2.19. The van der Waals surface area contributed by atoms with E-state index in [9.17, 15) is 26.3 Å². The van der Waals surface area contributed by atoms with E-state index < -0.39 is 29.2 Å². The van der Waals surface area contributed by atoms with Gasteiger partial charge in [-0.25, -0.2) is 0 Å². The number of rotatable bonds is 3. The molecule has 0 aliphatic rings. The van der Waals surface area contributed by atoms with Gasteiger partial charge in [-0.3, -0.25) is 0 Å². The quantitative estimate of drug-likeness (QED) is 0.340. The summed E-state index contributed by atoms with van der Waals surface area (Å²) in [5.74, 6) is 0. The zero-order chi connectivity index (χ0) is 22.1. The minimum absolute atomic E-state index is 0.0688. The molecular formula is C21H16F6N2S. The van der Waals surface area contributed by atoms with Crippen LogP contribution in [0.25, 0.3) is 10.8 Å². The molecule has 0 spiro atoms. The van der Waals surface area contributed by atoms with Crippen LogP contribution in [-0.2, 0) is 12.4 Å². The molecule has 0 saturated carbocycles. The number of nitrogens with one attached hydrogen (secondary N) is 2. The second kappa shape index (κ2) is 8.14. The number of anilines is 1. The average Bonchev–Trinajstić information content (AvgIpc) is 2.65. The minimum Gasteiger partial charge on any atom is -0.356 e. The first-order valence-electron chi connectivity index (χ1n) is 8.79. The number of thiocarbonyl (C=S) groups is 1. The van der Waals surface area contributed by atoms with Crippen LogP contribution in [0.4, 0.5) is 32.0 Å². The van der Waals surface area contributed by atoms with Crippen molar-refractivity contribution in [3.63, 3.8) is 0 Å². The Hall–Kier alpha value is -2.81. The highest BCUT2D eigenvalue weighted by Crippen LogP contribution is 2.37. The molecule has 0 saturated heterocycles. The molecule has 3 aromatic carbocycles. The normalized spacial score (nSPS) is 13.2. The lowest BCUT2D eigenvalue weighted by Crippen LogP contribution is -2.31. The minimum atomic E-state index is -4.93. The molecular weight excluding hydrogens is 426 g/mol. The van der Waals surface area contributed by atoms with Gasteiger partial charge in [-0.15, -0.1) is 0 Å². The van der Waals surface area contributed by atoms with E-state index in [1.54, 1.807) is 6.92 Å². The Balaban J connectivity index is 1.79. The van der Waals surface area contributed by atoms with Crippen LogP contribution >= 0.6 is 12.2 Å². The van der Waals surface area contributed by atoms with Gasteiger partial charge in [0.1, 0.15) is 0 Å². The SMILES string of the molecule is C[C@@H](NC(=S)Nc1cc(C(F)(F)F)cc(C(F)(F)F)c1)c1ccc2ccccc2c1. The topological polar surface area (TPSA) is 24.1 Å². The molecule has 0 radical (unpaired) electrons. The fourth-order valence-corrected chi connectivity index (χ4v) is 3.25. The summed E-state index contributed by atoms with van der Waals surface area (Å²) < 4.78 is 77.9. The van der Waals surface area contributed by atoms with Gasteiger partial charge in [0.15, 0.2) is 5.11 Å². The van der Waals surface area contributed by atoms with Gasteiger partial charge in [-0.1, -0.05) is 36.4 Å². The van der Waals surface area contributed by atoms with E-state index in [1.807, 2.05) is 42.5 Å². The predicted molar refractivity (Wildman–Crippen MR) is 108 cm³/mol. The molecule has 0 bridgehead atoms. The maximum absolute atomic E-state index is 13.0. The summed E-state index contributed by atoms with van der Waals surface area (Å²) in [4.78, 5) is 0. The van der Waals surface area contributed by atoms with Crippen LogP contribution in [0.5, 0.6) is 0 Å².